The van der Waals surface area contributed by atoms with Crippen LogP contribution in [0, 0.1) is 0 Å². The van der Waals surface area contributed by atoms with Gasteiger partial charge in [0.05, 0.1) is 12.6 Å². The molecule has 142 valence electrons. The van der Waals surface area contributed by atoms with Gasteiger partial charge >= 0.3 is 0 Å². The maximum absolute atomic E-state index is 5.94. The third-order valence-electron chi connectivity index (χ3n) is 4.07. The number of aliphatic imine (C=N–C) groups is 1. The van der Waals surface area contributed by atoms with E-state index in [2.05, 4.69) is 27.5 Å². The Morgan fingerprint density at radius 1 is 1.28 bits per heavy atom. The summed E-state index contributed by atoms with van der Waals surface area (Å²) in [6, 6.07) is 3.73. The van der Waals surface area contributed by atoms with Gasteiger partial charge in [-0.3, -0.25) is 0 Å². The van der Waals surface area contributed by atoms with Crippen LogP contribution in [-0.2, 0) is 11.3 Å². The average molecular weight is 481 g/mol. The zero-order chi connectivity index (χ0) is 17.0. The highest BCUT2D eigenvalue weighted by Crippen LogP contribution is 2.20. The van der Waals surface area contributed by atoms with Crippen molar-refractivity contribution >= 4 is 41.5 Å². The molecule has 0 aromatic carbocycles. The molecular weight excluding hydrogens is 451 g/mol. The first kappa shape index (κ1) is 22.4. The van der Waals surface area contributed by atoms with E-state index in [9.17, 15) is 0 Å². The Hall–Kier alpha value is -0.600. The van der Waals surface area contributed by atoms with E-state index in [1.165, 1.54) is 32.1 Å². The fourth-order valence-electron chi connectivity index (χ4n) is 2.77. The number of hydrogen-bond donors (Lipinski definition) is 2. The summed E-state index contributed by atoms with van der Waals surface area (Å²) < 4.78 is 5.94. The maximum atomic E-state index is 5.94. The summed E-state index contributed by atoms with van der Waals surface area (Å²) in [7, 11) is 0. The molecule has 1 aliphatic rings. The molecule has 7 heteroatoms. The van der Waals surface area contributed by atoms with E-state index in [0.717, 1.165) is 37.6 Å². The van der Waals surface area contributed by atoms with Crippen molar-refractivity contribution in [1.29, 1.82) is 0 Å². The third-order valence-corrected chi connectivity index (χ3v) is 4.30. The highest BCUT2D eigenvalue weighted by molar-refractivity contribution is 14.0. The summed E-state index contributed by atoms with van der Waals surface area (Å²) in [5, 5.41) is 7.11. The first-order valence-corrected chi connectivity index (χ1v) is 9.40. The van der Waals surface area contributed by atoms with Crippen LogP contribution in [0.15, 0.2) is 23.3 Å². The van der Waals surface area contributed by atoms with Gasteiger partial charge < -0.3 is 15.4 Å². The number of halogens is 2. The minimum Gasteiger partial charge on any atom is -0.378 e. The number of nitrogens with one attached hydrogen (secondary N) is 2. The molecule has 1 fully saturated rings. The van der Waals surface area contributed by atoms with E-state index >= 15 is 0 Å². The highest BCUT2D eigenvalue weighted by atomic mass is 127. The Morgan fingerprint density at radius 3 is 2.76 bits per heavy atom. The van der Waals surface area contributed by atoms with E-state index in [1.807, 2.05) is 6.07 Å². The zero-order valence-corrected chi connectivity index (χ0v) is 18.1. The van der Waals surface area contributed by atoms with Crippen molar-refractivity contribution in [3.63, 3.8) is 0 Å². The molecule has 0 spiro atoms. The summed E-state index contributed by atoms with van der Waals surface area (Å²) in [6.07, 6.45) is 9.70. The molecule has 1 heterocycles. The number of hydrogen-bond acceptors (Lipinski definition) is 3. The van der Waals surface area contributed by atoms with E-state index in [4.69, 9.17) is 16.3 Å². The molecule has 1 saturated carbocycles. The molecule has 25 heavy (non-hydrogen) atoms. The summed E-state index contributed by atoms with van der Waals surface area (Å²) >= 11 is 5.79. The van der Waals surface area contributed by atoms with Gasteiger partial charge in [0.25, 0.3) is 0 Å². The lowest BCUT2D eigenvalue weighted by molar-refractivity contribution is 0.0277. The van der Waals surface area contributed by atoms with E-state index in [0.29, 0.717) is 17.8 Å². The fourth-order valence-corrected chi connectivity index (χ4v) is 2.88. The Bertz CT molecular complexity index is 492. The van der Waals surface area contributed by atoms with Crippen LogP contribution in [-0.4, -0.2) is 36.7 Å². The third kappa shape index (κ3) is 9.61. The molecule has 0 amide bonds. The molecule has 0 radical (unpaired) electrons. The van der Waals surface area contributed by atoms with Gasteiger partial charge in [0.2, 0.25) is 0 Å². The van der Waals surface area contributed by atoms with E-state index in [1.54, 1.807) is 12.3 Å². The Labute approximate surface area is 173 Å². The van der Waals surface area contributed by atoms with Crippen molar-refractivity contribution in [1.82, 2.24) is 15.6 Å². The van der Waals surface area contributed by atoms with E-state index < -0.39 is 0 Å². The predicted molar refractivity (Wildman–Crippen MR) is 115 cm³/mol. The summed E-state index contributed by atoms with van der Waals surface area (Å²) in [5.41, 5.74) is 1.04. The highest BCUT2D eigenvalue weighted by Gasteiger charge is 2.12. The van der Waals surface area contributed by atoms with Crippen molar-refractivity contribution in [2.45, 2.75) is 58.1 Å². The lowest BCUT2D eigenvalue weighted by Crippen LogP contribution is -2.38. The molecule has 2 N–H and O–H groups in total. The van der Waals surface area contributed by atoms with Gasteiger partial charge in [0.1, 0.15) is 5.15 Å². The minimum atomic E-state index is 0. The Kier molecular flexibility index (Phi) is 12.2. The van der Waals surface area contributed by atoms with Crippen molar-refractivity contribution in [2.24, 2.45) is 4.99 Å². The molecule has 1 aromatic heterocycles. The van der Waals surface area contributed by atoms with Gasteiger partial charge in [-0.2, -0.15) is 0 Å². The summed E-state index contributed by atoms with van der Waals surface area (Å²) in [5.74, 6) is 0.824. The lowest BCUT2D eigenvalue weighted by Gasteiger charge is -2.22. The van der Waals surface area contributed by atoms with Gasteiger partial charge in [-0.1, -0.05) is 36.9 Å². The quantitative estimate of drug-likeness (QED) is 0.193. The SMILES string of the molecule is CCNC(=NCc1ccc(Cl)nc1)NCCCOC1CCCCC1.I. The van der Waals surface area contributed by atoms with Crippen LogP contribution in [0.4, 0.5) is 0 Å². The first-order valence-electron chi connectivity index (χ1n) is 9.02. The van der Waals surface area contributed by atoms with Gasteiger partial charge in [0.15, 0.2) is 5.96 Å². The number of rotatable bonds is 8. The second-order valence-electron chi connectivity index (χ2n) is 6.10. The lowest BCUT2D eigenvalue weighted by atomic mass is 9.98. The molecule has 2 rings (SSSR count). The first-order chi connectivity index (χ1) is 11.8. The predicted octanol–water partition coefficient (Wildman–Crippen LogP) is 4.15. The standard InChI is InChI=1S/C18H29ClN4O.HI/c1-2-20-18(23-14-15-9-10-17(19)22-13-15)21-11-6-12-24-16-7-4-3-5-8-16;/h9-10,13,16H,2-8,11-12,14H2,1H3,(H2,20,21,23);1H. The molecular formula is C18H30ClIN4O. The normalized spacial score (nSPS) is 15.5. The Morgan fingerprint density at radius 2 is 2.08 bits per heavy atom. The molecule has 0 unspecified atom stereocenters. The monoisotopic (exact) mass is 480 g/mol. The second-order valence-corrected chi connectivity index (χ2v) is 6.48. The second kappa shape index (κ2) is 13.6. The number of aromatic nitrogens is 1. The van der Waals surface area contributed by atoms with Crippen LogP contribution in [0.25, 0.3) is 0 Å². The largest absolute Gasteiger partial charge is 0.378 e. The Balaban J connectivity index is 0.00000312. The maximum Gasteiger partial charge on any atom is 0.191 e. The van der Waals surface area contributed by atoms with Crippen LogP contribution in [0.3, 0.4) is 0 Å². The van der Waals surface area contributed by atoms with Gasteiger partial charge in [-0.15, -0.1) is 24.0 Å². The van der Waals surface area contributed by atoms with Crippen molar-refractivity contribution in [3.05, 3.63) is 29.0 Å². The molecule has 0 aliphatic heterocycles. The molecule has 5 nitrogen and oxygen atoms in total. The molecule has 0 atom stereocenters. The zero-order valence-electron chi connectivity index (χ0n) is 15.0. The topological polar surface area (TPSA) is 58.5 Å². The van der Waals surface area contributed by atoms with Gasteiger partial charge in [-0.25, -0.2) is 9.98 Å². The van der Waals surface area contributed by atoms with Crippen LogP contribution in [0.5, 0.6) is 0 Å². The van der Waals surface area contributed by atoms with Gasteiger partial charge in [0, 0.05) is 25.9 Å². The number of ether oxygens (including phenoxy) is 1. The fraction of sp³-hybridized carbons (Fsp3) is 0.667. The number of guanidine groups is 1. The molecule has 1 aliphatic carbocycles. The van der Waals surface area contributed by atoms with Crippen molar-refractivity contribution in [3.8, 4) is 0 Å². The number of nitrogens with zero attached hydrogens (tertiary/aromatic N) is 2. The van der Waals surface area contributed by atoms with E-state index in [-0.39, 0.29) is 24.0 Å². The van der Waals surface area contributed by atoms with Crippen LogP contribution in [0.2, 0.25) is 5.15 Å². The van der Waals surface area contributed by atoms with Crippen molar-refractivity contribution in [2.75, 3.05) is 19.7 Å². The van der Waals surface area contributed by atoms with Crippen LogP contribution in [0.1, 0.15) is 51.0 Å². The molecule has 0 bridgehead atoms. The molecule has 0 saturated heterocycles. The van der Waals surface area contributed by atoms with Crippen molar-refractivity contribution < 1.29 is 4.74 Å². The van der Waals surface area contributed by atoms with Crippen LogP contribution >= 0.6 is 35.6 Å². The summed E-state index contributed by atoms with van der Waals surface area (Å²) in [6.45, 7) is 5.16. The number of pyridine rings is 1. The molecule has 1 aromatic rings. The summed E-state index contributed by atoms with van der Waals surface area (Å²) in [4.78, 5) is 8.64. The van der Waals surface area contributed by atoms with Crippen LogP contribution < -0.4 is 10.6 Å². The van der Waals surface area contributed by atoms with Gasteiger partial charge in [-0.05, 0) is 37.8 Å². The average Bonchev–Trinajstić information content (AvgIpc) is 2.61. The smallest absolute Gasteiger partial charge is 0.191 e. The minimum absolute atomic E-state index is 0.